The van der Waals surface area contributed by atoms with Gasteiger partial charge in [0.1, 0.15) is 5.76 Å². The van der Waals surface area contributed by atoms with Gasteiger partial charge < -0.3 is 15.5 Å². The molecule has 1 aliphatic rings. The summed E-state index contributed by atoms with van der Waals surface area (Å²) in [6.45, 7) is 0.505. The summed E-state index contributed by atoms with van der Waals surface area (Å²) in [6, 6.07) is 3.70. The summed E-state index contributed by atoms with van der Waals surface area (Å²) in [5.74, 6) is 1.11. The van der Waals surface area contributed by atoms with E-state index in [-0.39, 0.29) is 11.9 Å². The second-order valence-corrected chi connectivity index (χ2v) is 5.10. The summed E-state index contributed by atoms with van der Waals surface area (Å²) >= 11 is 0. The van der Waals surface area contributed by atoms with Crippen molar-refractivity contribution in [1.82, 2.24) is 5.32 Å². The molecule has 0 bridgehead atoms. The van der Waals surface area contributed by atoms with Crippen LogP contribution in [0.1, 0.15) is 37.9 Å². The van der Waals surface area contributed by atoms with Gasteiger partial charge in [0.15, 0.2) is 0 Å². The van der Waals surface area contributed by atoms with Crippen LogP contribution >= 0.6 is 0 Å². The molecule has 1 heterocycles. The van der Waals surface area contributed by atoms with Gasteiger partial charge in [-0.25, -0.2) is 0 Å². The van der Waals surface area contributed by atoms with E-state index in [1.165, 1.54) is 38.2 Å². The van der Waals surface area contributed by atoms with Crippen LogP contribution in [0, 0.1) is 5.92 Å². The zero-order chi connectivity index (χ0) is 13.5. The Labute approximate surface area is 114 Å². The fraction of sp³-hybridized carbons (Fsp3) is 0.533. The highest BCUT2D eigenvalue weighted by atomic mass is 16.3. The van der Waals surface area contributed by atoms with E-state index in [1.807, 2.05) is 6.07 Å². The van der Waals surface area contributed by atoms with Crippen LogP contribution in [-0.2, 0) is 4.79 Å². The maximum Gasteiger partial charge on any atom is 0.244 e. The van der Waals surface area contributed by atoms with Crippen LogP contribution in [0.25, 0.3) is 6.08 Å². The third-order valence-corrected chi connectivity index (χ3v) is 3.74. The summed E-state index contributed by atoms with van der Waals surface area (Å²) < 4.78 is 5.14. The first-order valence-corrected chi connectivity index (χ1v) is 7.01. The Bertz CT molecular complexity index is 406. The van der Waals surface area contributed by atoms with E-state index in [2.05, 4.69) is 5.32 Å². The lowest BCUT2D eigenvalue weighted by molar-refractivity contribution is -0.117. The van der Waals surface area contributed by atoms with Crippen LogP contribution in [0.5, 0.6) is 0 Å². The molecule has 1 fully saturated rings. The third kappa shape index (κ3) is 4.24. The molecule has 0 aliphatic heterocycles. The van der Waals surface area contributed by atoms with E-state index in [9.17, 15) is 4.79 Å². The lowest BCUT2D eigenvalue weighted by Gasteiger charge is -2.29. The van der Waals surface area contributed by atoms with Crippen LogP contribution in [-0.4, -0.2) is 18.5 Å². The summed E-state index contributed by atoms with van der Waals surface area (Å²) in [5.41, 5.74) is 5.79. The predicted molar refractivity (Wildman–Crippen MR) is 75.3 cm³/mol. The molecule has 19 heavy (non-hydrogen) atoms. The number of furan rings is 1. The first-order valence-electron chi connectivity index (χ1n) is 7.01. The molecule has 1 saturated carbocycles. The lowest BCUT2D eigenvalue weighted by Crippen LogP contribution is -2.45. The molecule has 1 unspecified atom stereocenters. The van der Waals surface area contributed by atoms with Crippen molar-refractivity contribution in [2.24, 2.45) is 11.7 Å². The Morgan fingerprint density at radius 3 is 2.89 bits per heavy atom. The van der Waals surface area contributed by atoms with E-state index < -0.39 is 0 Å². The molecule has 0 aromatic carbocycles. The van der Waals surface area contributed by atoms with Crippen LogP contribution in [0.3, 0.4) is 0 Å². The Morgan fingerprint density at radius 2 is 2.26 bits per heavy atom. The summed E-state index contributed by atoms with van der Waals surface area (Å²) in [5, 5.41) is 3.01. The number of carbonyl (C=O) groups excluding carboxylic acids is 1. The van der Waals surface area contributed by atoms with Gasteiger partial charge in [-0.15, -0.1) is 0 Å². The Morgan fingerprint density at radius 1 is 1.47 bits per heavy atom. The average Bonchev–Trinajstić information content (AvgIpc) is 2.97. The van der Waals surface area contributed by atoms with Crippen LogP contribution in [0.2, 0.25) is 0 Å². The van der Waals surface area contributed by atoms with E-state index >= 15 is 0 Å². The van der Waals surface area contributed by atoms with Gasteiger partial charge in [0.25, 0.3) is 0 Å². The van der Waals surface area contributed by atoms with Crippen LogP contribution < -0.4 is 11.1 Å². The van der Waals surface area contributed by atoms with Gasteiger partial charge in [-0.3, -0.25) is 4.79 Å². The summed E-state index contributed by atoms with van der Waals surface area (Å²) in [4.78, 5) is 11.9. The summed E-state index contributed by atoms with van der Waals surface area (Å²) in [6.07, 6.45) is 10.9. The van der Waals surface area contributed by atoms with E-state index in [0.29, 0.717) is 18.2 Å². The zero-order valence-corrected chi connectivity index (χ0v) is 11.2. The number of carbonyl (C=O) groups is 1. The molecule has 104 valence electrons. The molecule has 4 heteroatoms. The number of rotatable bonds is 5. The van der Waals surface area contributed by atoms with E-state index in [0.717, 1.165) is 0 Å². The monoisotopic (exact) mass is 262 g/mol. The number of hydrogen-bond acceptors (Lipinski definition) is 3. The minimum Gasteiger partial charge on any atom is -0.465 e. The molecule has 4 nitrogen and oxygen atoms in total. The molecule has 1 aliphatic carbocycles. The van der Waals surface area contributed by atoms with Gasteiger partial charge >= 0.3 is 0 Å². The van der Waals surface area contributed by atoms with Gasteiger partial charge in [-0.2, -0.15) is 0 Å². The highest BCUT2D eigenvalue weighted by molar-refractivity contribution is 5.91. The minimum absolute atomic E-state index is 0.0917. The number of hydrogen-bond donors (Lipinski definition) is 2. The Kier molecular flexibility index (Phi) is 5.21. The first-order chi connectivity index (χ1) is 9.29. The number of nitrogens with two attached hydrogens (primary N) is 1. The van der Waals surface area contributed by atoms with Crippen LogP contribution in [0.15, 0.2) is 28.9 Å². The smallest absolute Gasteiger partial charge is 0.244 e. The Hall–Kier alpha value is -1.55. The Balaban J connectivity index is 1.85. The zero-order valence-electron chi connectivity index (χ0n) is 11.2. The van der Waals surface area contributed by atoms with Crippen molar-refractivity contribution in [3.63, 3.8) is 0 Å². The molecule has 2 rings (SSSR count). The molecular weight excluding hydrogens is 240 g/mol. The van der Waals surface area contributed by atoms with E-state index in [1.54, 1.807) is 18.4 Å². The van der Waals surface area contributed by atoms with Crippen molar-refractivity contribution < 1.29 is 9.21 Å². The van der Waals surface area contributed by atoms with Crippen molar-refractivity contribution in [3.05, 3.63) is 30.2 Å². The fourth-order valence-electron chi connectivity index (χ4n) is 2.68. The van der Waals surface area contributed by atoms with Crippen molar-refractivity contribution in [2.45, 2.75) is 38.1 Å². The maximum atomic E-state index is 11.9. The maximum absolute atomic E-state index is 11.9. The second kappa shape index (κ2) is 7.14. The molecule has 3 N–H and O–H groups in total. The topological polar surface area (TPSA) is 68.3 Å². The largest absolute Gasteiger partial charge is 0.465 e. The normalized spacial score (nSPS) is 18.6. The third-order valence-electron chi connectivity index (χ3n) is 3.74. The van der Waals surface area contributed by atoms with Crippen LogP contribution in [0.4, 0.5) is 0 Å². The highest BCUT2D eigenvalue weighted by Crippen LogP contribution is 2.26. The molecule has 0 radical (unpaired) electrons. The SMILES string of the molecule is NCC(NC(=O)/C=C/c1ccco1)C1CCCCC1. The highest BCUT2D eigenvalue weighted by Gasteiger charge is 2.23. The molecule has 1 atom stereocenters. The summed E-state index contributed by atoms with van der Waals surface area (Å²) in [7, 11) is 0. The van der Waals surface area contributed by atoms with Gasteiger partial charge in [-0.1, -0.05) is 19.3 Å². The van der Waals surface area contributed by atoms with Crippen molar-refractivity contribution in [3.8, 4) is 0 Å². The number of nitrogens with one attached hydrogen (secondary N) is 1. The number of amides is 1. The average molecular weight is 262 g/mol. The minimum atomic E-state index is -0.0996. The van der Waals surface area contributed by atoms with Crippen molar-refractivity contribution >= 4 is 12.0 Å². The quantitative estimate of drug-likeness (QED) is 0.800. The standard InChI is InChI=1S/C15H22N2O2/c16-11-14(12-5-2-1-3-6-12)17-15(18)9-8-13-7-4-10-19-13/h4,7-10,12,14H,1-3,5-6,11,16H2,(H,17,18)/b9-8+. The molecule has 1 amide bonds. The fourth-order valence-corrected chi connectivity index (χ4v) is 2.68. The molecule has 0 saturated heterocycles. The second-order valence-electron chi connectivity index (χ2n) is 5.10. The van der Waals surface area contributed by atoms with Gasteiger partial charge in [0.05, 0.1) is 6.26 Å². The molecule has 1 aromatic rings. The lowest BCUT2D eigenvalue weighted by atomic mass is 9.84. The van der Waals surface area contributed by atoms with Gasteiger partial charge in [0.2, 0.25) is 5.91 Å². The van der Waals surface area contributed by atoms with Crippen molar-refractivity contribution in [2.75, 3.05) is 6.54 Å². The van der Waals surface area contributed by atoms with E-state index in [4.69, 9.17) is 10.2 Å². The molecule has 0 spiro atoms. The van der Waals surface area contributed by atoms with Gasteiger partial charge in [-0.05, 0) is 37.0 Å². The molecule has 1 aromatic heterocycles. The van der Waals surface area contributed by atoms with Crippen molar-refractivity contribution in [1.29, 1.82) is 0 Å². The van der Waals surface area contributed by atoms with Gasteiger partial charge in [0, 0.05) is 18.7 Å². The first kappa shape index (κ1) is 13.9. The molecular formula is C15H22N2O2. The predicted octanol–water partition coefficient (Wildman–Crippen LogP) is 2.32.